The van der Waals surface area contributed by atoms with Crippen LogP contribution in [0.25, 0.3) is 0 Å². The lowest BCUT2D eigenvalue weighted by atomic mass is 10.1. The first kappa shape index (κ1) is 14.2. The van der Waals surface area contributed by atoms with Crippen LogP contribution in [-0.4, -0.2) is 44.7 Å². The van der Waals surface area contributed by atoms with Crippen molar-refractivity contribution in [2.24, 2.45) is 5.73 Å². The zero-order valence-corrected chi connectivity index (χ0v) is 11.3. The Balaban J connectivity index is 2.23. The molecule has 0 aromatic heterocycles. The van der Waals surface area contributed by atoms with Crippen molar-refractivity contribution >= 4 is 5.69 Å². The molecule has 0 radical (unpaired) electrons. The minimum atomic E-state index is -0.479. The highest BCUT2D eigenvalue weighted by atomic mass is 19.1. The smallest absolute Gasteiger partial charge is 0.149 e. The lowest BCUT2D eigenvalue weighted by Crippen LogP contribution is -2.30. The lowest BCUT2D eigenvalue weighted by molar-refractivity contribution is 0.360. The quantitative estimate of drug-likeness (QED) is 0.905. The van der Waals surface area contributed by atoms with E-state index < -0.39 is 11.6 Å². The Labute approximate surface area is 113 Å². The first-order valence-corrected chi connectivity index (χ1v) is 6.73. The number of halogens is 2. The molecule has 1 fully saturated rings. The van der Waals surface area contributed by atoms with Gasteiger partial charge in [-0.05, 0) is 50.7 Å². The lowest BCUT2D eigenvalue weighted by Gasteiger charge is -2.24. The molecule has 0 unspecified atom stereocenters. The normalized spacial score (nSPS) is 17.6. The van der Waals surface area contributed by atoms with Crippen molar-refractivity contribution < 1.29 is 8.78 Å². The highest BCUT2D eigenvalue weighted by Crippen LogP contribution is 2.26. The molecule has 1 heterocycles. The molecule has 1 aliphatic rings. The molecule has 1 aliphatic heterocycles. The number of likely N-dealkylation sites (N-methyl/N-ethyl adjacent to an activating group) is 1. The SMILES string of the molecule is CN1CCCN(c2c(F)cc(CCN)cc2F)CC1. The molecule has 106 valence electrons. The van der Waals surface area contributed by atoms with Gasteiger partial charge in [0.15, 0.2) is 0 Å². The maximum absolute atomic E-state index is 14.1. The fourth-order valence-electron chi connectivity index (χ4n) is 2.50. The monoisotopic (exact) mass is 269 g/mol. The van der Waals surface area contributed by atoms with E-state index in [0.717, 1.165) is 19.5 Å². The predicted molar refractivity (Wildman–Crippen MR) is 73.4 cm³/mol. The maximum Gasteiger partial charge on any atom is 0.149 e. The average Bonchev–Trinajstić information content (AvgIpc) is 2.54. The molecule has 1 aromatic carbocycles. The van der Waals surface area contributed by atoms with Crippen LogP contribution in [0.4, 0.5) is 14.5 Å². The van der Waals surface area contributed by atoms with Gasteiger partial charge in [0.2, 0.25) is 0 Å². The minimum absolute atomic E-state index is 0.107. The largest absolute Gasteiger partial charge is 0.365 e. The van der Waals surface area contributed by atoms with Crippen LogP contribution in [0.2, 0.25) is 0 Å². The van der Waals surface area contributed by atoms with Crippen LogP contribution in [0.15, 0.2) is 12.1 Å². The first-order chi connectivity index (χ1) is 9.11. The second-order valence-corrected chi connectivity index (χ2v) is 5.09. The third-order valence-corrected chi connectivity index (χ3v) is 3.55. The van der Waals surface area contributed by atoms with Crippen molar-refractivity contribution in [3.8, 4) is 0 Å². The summed E-state index contributed by atoms with van der Waals surface area (Å²) in [6.45, 7) is 3.52. The number of hydrogen-bond acceptors (Lipinski definition) is 3. The summed E-state index contributed by atoms with van der Waals surface area (Å²) < 4.78 is 28.2. The first-order valence-electron chi connectivity index (χ1n) is 6.73. The third kappa shape index (κ3) is 3.42. The Kier molecular flexibility index (Phi) is 4.71. The van der Waals surface area contributed by atoms with Gasteiger partial charge in [0.25, 0.3) is 0 Å². The molecule has 0 aliphatic carbocycles. The van der Waals surface area contributed by atoms with Gasteiger partial charge in [-0.3, -0.25) is 0 Å². The molecule has 0 spiro atoms. The van der Waals surface area contributed by atoms with Crippen LogP contribution in [0.3, 0.4) is 0 Å². The minimum Gasteiger partial charge on any atom is -0.365 e. The fourth-order valence-corrected chi connectivity index (χ4v) is 2.50. The fraction of sp³-hybridized carbons (Fsp3) is 0.571. The molecular weight excluding hydrogens is 248 g/mol. The molecule has 1 aromatic rings. The summed E-state index contributed by atoms with van der Waals surface area (Å²) in [4.78, 5) is 3.99. The number of rotatable bonds is 3. The summed E-state index contributed by atoms with van der Waals surface area (Å²) in [6.07, 6.45) is 1.41. The van der Waals surface area contributed by atoms with Crippen LogP contribution in [0.1, 0.15) is 12.0 Å². The van der Waals surface area contributed by atoms with E-state index in [4.69, 9.17) is 5.73 Å². The predicted octanol–water partition coefficient (Wildman–Crippen LogP) is 1.61. The summed E-state index contributed by atoms with van der Waals surface area (Å²) in [5.74, 6) is -0.957. The van der Waals surface area contributed by atoms with Crippen LogP contribution >= 0.6 is 0 Å². The Morgan fingerprint density at radius 3 is 2.42 bits per heavy atom. The van der Waals surface area contributed by atoms with Crippen molar-refractivity contribution in [3.05, 3.63) is 29.3 Å². The van der Waals surface area contributed by atoms with E-state index in [-0.39, 0.29) is 5.69 Å². The molecule has 0 bridgehead atoms. The summed E-state index contributed by atoms with van der Waals surface area (Å²) in [6, 6.07) is 2.81. The average molecular weight is 269 g/mol. The standard InChI is InChI=1S/C14H21F2N3/c1-18-5-2-6-19(8-7-18)14-12(15)9-11(3-4-17)10-13(14)16/h9-10H,2-8,17H2,1H3. The highest BCUT2D eigenvalue weighted by molar-refractivity contribution is 5.51. The molecule has 3 nitrogen and oxygen atoms in total. The van der Waals surface area contributed by atoms with Gasteiger partial charge in [-0.15, -0.1) is 0 Å². The Bertz CT molecular complexity index is 414. The molecule has 0 saturated carbocycles. The zero-order valence-electron chi connectivity index (χ0n) is 11.3. The number of nitrogens with zero attached hydrogens (tertiary/aromatic N) is 2. The van der Waals surface area contributed by atoms with E-state index in [2.05, 4.69) is 4.90 Å². The molecule has 19 heavy (non-hydrogen) atoms. The summed E-state index contributed by atoms with van der Waals surface area (Å²) in [5, 5.41) is 0. The molecule has 0 atom stereocenters. The van der Waals surface area contributed by atoms with E-state index in [0.29, 0.717) is 31.6 Å². The van der Waals surface area contributed by atoms with Crippen LogP contribution in [0, 0.1) is 11.6 Å². The molecule has 0 amide bonds. The Hall–Kier alpha value is -1.20. The summed E-state index contributed by atoms with van der Waals surface area (Å²) >= 11 is 0. The van der Waals surface area contributed by atoms with E-state index in [1.54, 1.807) is 4.90 Å². The van der Waals surface area contributed by atoms with E-state index in [9.17, 15) is 8.78 Å². The maximum atomic E-state index is 14.1. The van der Waals surface area contributed by atoms with Gasteiger partial charge >= 0.3 is 0 Å². The second kappa shape index (κ2) is 6.30. The Morgan fingerprint density at radius 1 is 1.11 bits per heavy atom. The number of anilines is 1. The highest BCUT2D eigenvalue weighted by Gasteiger charge is 2.20. The van der Waals surface area contributed by atoms with Gasteiger partial charge in [0.05, 0.1) is 0 Å². The van der Waals surface area contributed by atoms with E-state index in [1.165, 1.54) is 12.1 Å². The number of benzene rings is 1. The van der Waals surface area contributed by atoms with Crippen LogP contribution < -0.4 is 10.6 Å². The van der Waals surface area contributed by atoms with Gasteiger partial charge in [0, 0.05) is 19.6 Å². The van der Waals surface area contributed by atoms with Crippen molar-refractivity contribution in [1.29, 1.82) is 0 Å². The van der Waals surface area contributed by atoms with Crippen molar-refractivity contribution in [2.75, 3.05) is 44.7 Å². The van der Waals surface area contributed by atoms with Crippen molar-refractivity contribution in [1.82, 2.24) is 4.90 Å². The molecule has 5 heteroatoms. The topological polar surface area (TPSA) is 32.5 Å². The van der Waals surface area contributed by atoms with Crippen LogP contribution in [0.5, 0.6) is 0 Å². The van der Waals surface area contributed by atoms with Gasteiger partial charge in [0.1, 0.15) is 17.3 Å². The van der Waals surface area contributed by atoms with Gasteiger partial charge < -0.3 is 15.5 Å². The third-order valence-electron chi connectivity index (χ3n) is 3.55. The molecule has 2 rings (SSSR count). The van der Waals surface area contributed by atoms with Crippen molar-refractivity contribution in [3.63, 3.8) is 0 Å². The zero-order chi connectivity index (χ0) is 13.8. The van der Waals surface area contributed by atoms with Gasteiger partial charge in [-0.1, -0.05) is 0 Å². The van der Waals surface area contributed by atoms with E-state index >= 15 is 0 Å². The molecule has 1 saturated heterocycles. The summed E-state index contributed by atoms with van der Waals surface area (Å²) in [7, 11) is 2.03. The van der Waals surface area contributed by atoms with Crippen LogP contribution in [-0.2, 0) is 6.42 Å². The molecule has 2 N–H and O–H groups in total. The molecular formula is C14H21F2N3. The van der Waals surface area contributed by atoms with E-state index in [1.807, 2.05) is 7.05 Å². The van der Waals surface area contributed by atoms with Crippen molar-refractivity contribution in [2.45, 2.75) is 12.8 Å². The van der Waals surface area contributed by atoms with Gasteiger partial charge in [-0.25, -0.2) is 8.78 Å². The number of nitrogens with two attached hydrogens (primary N) is 1. The summed E-state index contributed by atoms with van der Waals surface area (Å²) in [5.41, 5.74) is 6.14. The Morgan fingerprint density at radius 2 is 1.79 bits per heavy atom. The second-order valence-electron chi connectivity index (χ2n) is 5.09. The number of hydrogen-bond donors (Lipinski definition) is 1. The van der Waals surface area contributed by atoms with Gasteiger partial charge in [-0.2, -0.15) is 0 Å².